The fraction of sp³-hybridized carbons (Fsp3) is 0.667. The van der Waals surface area contributed by atoms with Crippen molar-refractivity contribution in [1.82, 2.24) is 20.4 Å². The molecule has 1 aliphatic heterocycles. The summed E-state index contributed by atoms with van der Waals surface area (Å²) in [6.07, 6.45) is 3.84. The monoisotopic (exact) mass is 236 g/mol. The number of nitrogens with zero attached hydrogens (tertiary/aromatic N) is 2. The lowest BCUT2D eigenvalue weighted by Crippen LogP contribution is -2.48. The van der Waals surface area contributed by atoms with Crippen molar-refractivity contribution in [2.45, 2.75) is 31.7 Å². The van der Waals surface area contributed by atoms with Crippen LogP contribution in [0.2, 0.25) is 0 Å². The van der Waals surface area contributed by atoms with E-state index in [1.165, 1.54) is 0 Å². The Kier molecular flexibility index (Phi) is 3.78. The molecule has 5 heteroatoms. The van der Waals surface area contributed by atoms with Gasteiger partial charge >= 0.3 is 0 Å². The first-order valence-electron chi connectivity index (χ1n) is 6.21. The molecule has 1 aromatic heterocycles. The average Bonchev–Trinajstić information content (AvgIpc) is 2.76. The third-order valence-electron chi connectivity index (χ3n) is 3.22. The molecule has 1 aromatic rings. The first-order valence-corrected chi connectivity index (χ1v) is 6.21. The molecule has 1 fully saturated rings. The van der Waals surface area contributed by atoms with Gasteiger partial charge in [-0.25, -0.2) is 0 Å². The van der Waals surface area contributed by atoms with E-state index >= 15 is 0 Å². The van der Waals surface area contributed by atoms with Gasteiger partial charge in [-0.2, -0.15) is 5.10 Å². The van der Waals surface area contributed by atoms with Gasteiger partial charge in [0.25, 0.3) is 0 Å². The Morgan fingerprint density at radius 3 is 3.18 bits per heavy atom. The number of nitrogens with one attached hydrogen (secondary N) is 2. The topological polar surface area (TPSA) is 59.0 Å². The number of carbonyl (C=O) groups is 1. The van der Waals surface area contributed by atoms with Gasteiger partial charge in [0.15, 0.2) is 0 Å². The van der Waals surface area contributed by atoms with Gasteiger partial charge < -0.3 is 10.6 Å². The summed E-state index contributed by atoms with van der Waals surface area (Å²) in [6.45, 7) is 3.51. The summed E-state index contributed by atoms with van der Waals surface area (Å²) < 4.78 is 1.82. The minimum Gasteiger partial charge on any atom is -0.355 e. The maximum Gasteiger partial charge on any atom is 0.237 e. The second-order valence-electron chi connectivity index (χ2n) is 4.54. The van der Waals surface area contributed by atoms with E-state index in [1.807, 2.05) is 30.9 Å². The standard InChI is InChI=1S/C12H20N4O/c1-3-13-12(17)11-8-9(4-6-14-11)10-5-7-16(2)15-10/h5,7,9,11,14H,3-4,6,8H2,1-2H3,(H,13,17). The van der Waals surface area contributed by atoms with Gasteiger partial charge in [0.2, 0.25) is 5.91 Å². The molecule has 0 saturated carbocycles. The van der Waals surface area contributed by atoms with Crippen LogP contribution < -0.4 is 10.6 Å². The van der Waals surface area contributed by atoms with Crippen LogP contribution in [0.3, 0.4) is 0 Å². The Balaban J connectivity index is 1.99. The molecule has 0 aliphatic carbocycles. The highest BCUT2D eigenvalue weighted by molar-refractivity contribution is 5.81. The molecule has 17 heavy (non-hydrogen) atoms. The fourth-order valence-corrected chi connectivity index (χ4v) is 2.33. The number of carbonyl (C=O) groups excluding carboxylic acids is 1. The zero-order valence-electron chi connectivity index (χ0n) is 10.4. The van der Waals surface area contributed by atoms with Crippen molar-refractivity contribution >= 4 is 5.91 Å². The van der Waals surface area contributed by atoms with E-state index in [2.05, 4.69) is 15.7 Å². The van der Waals surface area contributed by atoms with E-state index in [1.54, 1.807) is 0 Å². The third kappa shape index (κ3) is 2.85. The minimum absolute atomic E-state index is 0.0734. The Bertz CT molecular complexity index is 388. The van der Waals surface area contributed by atoms with Gasteiger partial charge in [-0.1, -0.05) is 0 Å². The van der Waals surface area contributed by atoms with Crippen LogP contribution in [-0.4, -0.2) is 34.8 Å². The van der Waals surface area contributed by atoms with Crippen molar-refractivity contribution in [1.29, 1.82) is 0 Å². The van der Waals surface area contributed by atoms with Gasteiger partial charge in [0.1, 0.15) is 0 Å². The summed E-state index contributed by atoms with van der Waals surface area (Å²) in [5, 5.41) is 10.6. The normalized spacial score (nSPS) is 24.6. The second-order valence-corrected chi connectivity index (χ2v) is 4.54. The molecule has 1 amide bonds. The van der Waals surface area contributed by atoms with Gasteiger partial charge in [0, 0.05) is 25.7 Å². The maximum atomic E-state index is 11.8. The van der Waals surface area contributed by atoms with Crippen LogP contribution in [0.25, 0.3) is 0 Å². The largest absolute Gasteiger partial charge is 0.355 e. The summed E-state index contributed by atoms with van der Waals surface area (Å²) in [5.41, 5.74) is 1.10. The van der Waals surface area contributed by atoms with Crippen LogP contribution in [0.1, 0.15) is 31.4 Å². The average molecular weight is 236 g/mol. The Morgan fingerprint density at radius 1 is 1.71 bits per heavy atom. The van der Waals surface area contributed by atoms with Gasteiger partial charge in [0.05, 0.1) is 11.7 Å². The molecule has 2 rings (SSSR count). The molecular weight excluding hydrogens is 216 g/mol. The summed E-state index contributed by atoms with van der Waals surface area (Å²) in [6, 6.07) is 1.97. The van der Waals surface area contributed by atoms with Crippen molar-refractivity contribution in [2.24, 2.45) is 7.05 Å². The zero-order chi connectivity index (χ0) is 12.3. The van der Waals surface area contributed by atoms with E-state index in [-0.39, 0.29) is 11.9 Å². The van der Waals surface area contributed by atoms with Crippen LogP contribution in [0.15, 0.2) is 12.3 Å². The quantitative estimate of drug-likeness (QED) is 0.798. The highest BCUT2D eigenvalue weighted by Gasteiger charge is 2.28. The third-order valence-corrected chi connectivity index (χ3v) is 3.22. The Morgan fingerprint density at radius 2 is 2.53 bits per heavy atom. The molecule has 2 atom stereocenters. The van der Waals surface area contributed by atoms with Crippen molar-refractivity contribution < 1.29 is 4.79 Å². The predicted molar refractivity (Wildman–Crippen MR) is 65.7 cm³/mol. The number of aryl methyl sites for hydroxylation is 1. The molecule has 2 N–H and O–H groups in total. The van der Waals surface area contributed by atoms with Crippen LogP contribution in [-0.2, 0) is 11.8 Å². The zero-order valence-corrected chi connectivity index (χ0v) is 10.4. The molecule has 0 aromatic carbocycles. The van der Waals surface area contributed by atoms with E-state index in [4.69, 9.17) is 0 Å². The van der Waals surface area contributed by atoms with Crippen LogP contribution in [0, 0.1) is 0 Å². The summed E-state index contributed by atoms with van der Waals surface area (Å²) in [4.78, 5) is 11.8. The lowest BCUT2D eigenvalue weighted by atomic mass is 9.89. The molecule has 2 heterocycles. The predicted octanol–water partition coefficient (Wildman–Crippen LogP) is 0.392. The van der Waals surface area contributed by atoms with Gasteiger partial charge in [-0.15, -0.1) is 0 Å². The van der Waals surface area contributed by atoms with Crippen molar-refractivity contribution in [3.8, 4) is 0 Å². The fourth-order valence-electron chi connectivity index (χ4n) is 2.33. The Labute approximate surface area is 102 Å². The molecule has 94 valence electrons. The number of likely N-dealkylation sites (N-methyl/N-ethyl adjacent to an activating group) is 1. The molecule has 2 unspecified atom stereocenters. The van der Waals surface area contributed by atoms with Gasteiger partial charge in [-0.3, -0.25) is 9.48 Å². The number of hydrogen-bond donors (Lipinski definition) is 2. The maximum absolute atomic E-state index is 11.8. The molecule has 1 aliphatic rings. The van der Waals surface area contributed by atoms with Crippen molar-refractivity contribution in [3.05, 3.63) is 18.0 Å². The number of aromatic nitrogens is 2. The summed E-state index contributed by atoms with van der Waals surface area (Å²) in [5.74, 6) is 0.498. The van der Waals surface area contributed by atoms with Crippen molar-refractivity contribution in [2.75, 3.05) is 13.1 Å². The second kappa shape index (κ2) is 5.31. The highest BCUT2D eigenvalue weighted by atomic mass is 16.2. The van der Waals surface area contributed by atoms with Gasteiger partial charge in [-0.05, 0) is 32.4 Å². The van der Waals surface area contributed by atoms with E-state index in [0.717, 1.165) is 25.1 Å². The minimum atomic E-state index is -0.0734. The van der Waals surface area contributed by atoms with E-state index < -0.39 is 0 Å². The first kappa shape index (κ1) is 12.1. The van der Waals surface area contributed by atoms with Crippen LogP contribution in [0.5, 0.6) is 0 Å². The summed E-state index contributed by atoms with van der Waals surface area (Å²) in [7, 11) is 1.92. The lowest BCUT2D eigenvalue weighted by molar-refractivity contribution is -0.123. The van der Waals surface area contributed by atoms with Crippen LogP contribution in [0.4, 0.5) is 0 Å². The molecule has 0 spiro atoms. The Hall–Kier alpha value is -1.36. The molecule has 0 radical (unpaired) electrons. The smallest absolute Gasteiger partial charge is 0.237 e. The first-order chi connectivity index (χ1) is 8.20. The van der Waals surface area contributed by atoms with E-state index in [9.17, 15) is 4.79 Å². The SMILES string of the molecule is CCNC(=O)C1CC(c2ccn(C)n2)CCN1. The number of piperidine rings is 1. The molecular formula is C12H20N4O. The van der Waals surface area contributed by atoms with Crippen LogP contribution >= 0.6 is 0 Å². The molecule has 1 saturated heterocycles. The summed E-state index contributed by atoms with van der Waals surface area (Å²) >= 11 is 0. The number of hydrogen-bond acceptors (Lipinski definition) is 3. The highest BCUT2D eigenvalue weighted by Crippen LogP contribution is 2.26. The molecule has 0 bridgehead atoms. The van der Waals surface area contributed by atoms with E-state index in [0.29, 0.717) is 12.5 Å². The number of amides is 1. The lowest BCUT2D eigenvalue weighted by Gasteiger charge is -2.28. The van der Waals surface area contributed by atoms with Crippen molar-refractivity contribution in [3.63, 3.8) is 0 Å². The molecule has 5 nitrogen and oxygen atoms in total. The number of rotatable bonds is 3.